The molecule has 1 aromatic heterocycles. The molecule has 3 rings (SSSR count). The lowest BCUT2D eigenvalue weighted by Crippen LogP contribution is -2.30. The van der Waals surface area contributed by atoms with E-state index < -0.39 is 0 Å². The topological polar surface area (TPSA) is 71.3 Å². The molecule has 0 fully saturated rings. The molecule has 2 heterocycles. The Hall–Kier alpha value is -2.37. The van der Waals surface area contributed by atoms with Crippen LogP contribution in [0.25, 0.3) is 0 Å². The highest BCUT2D eigenvalue weighted by Gasteiger charge is 2.25. The van der Waals surface area contributed by atoms with E-state index in [0.717, 1.165) is 30.6 Å². The van der Waals surface area contributed by atoms with E-state index in [-0.39, 0.29) is 11.8 Å². The summed E-state index contributed by atoms with van der Waals surface area (Å²) >= 11 is 0. The lowest BCUT2D eigenvalue weighted by molar-refractivity contribution is -0.119. The molecule has 1 aliphatic heterocycles. The Bertz CT molecular complexity index is 683. The second-order valence-electron chi connectivity index (χ2n) is 6.00. The Labute approximate surface area is 135 Å². The maximum Gasteiger partial charge on any atom is 0.229 e. The van der Waals surface area contributed by atoms with Gasteiger partial charge in [0.1, 0.15) is 0 Å². The van der Waals surface area contributed by atoms with Crippen molar-refractivity contribution in [2.75, 3.05) is 16.8 Å². The predicted molar refractivity (Wildman–Crippen MR) is 88.2 cm³/mol. The molecule has 1 aliphatic rings. The van der Waals surface area contributed by atoms with Gasteiger partial charge in [0.05, 0.1) is 23.8 Å². The molecule has 6 nitrogen and oxygen atoms in total. The van der Waals surface area contributed by atoms with Crippen molar-refractivity contribution in [3.05, 3.63) is 36.0 Å². The van der Waals surface area contributed by atoms with E-state index in [1.54, 1.807) is 0 Å². The number of rotatable bonds is 5. The highest BCUT2D eigenvalue weighted by Crippen LogP contribution is 2.30. The molecule has 0 spiro atoms. The lowest BCUT2D eigenvalue weighted by Gasteiger charge is -2.23. The number of anilines is 2. The van der Waals surface area contributed by atoms with Crippen molar-refractivity contribution in [1.29, 1.82) is 0 Å². The largest absolute Gasteiger partial charge is 0.361 e. The average molecular weight is 314 g/mol. The molecule has 1 N–H and O–H groups in total. The molecular formula is C17H22N4O2. The van der Waals surface area contributed by atoms with E-state index in [4.69, 9.17) is 4.52 Å². The van der Waals surface area contributed by atoms with Gasteiger partial charge in [0.2, 0.25) is 11.8 Å². The van der Waals surface area contributed by atoms with Crippen LogP contribution in [0.5, 0.6) is 0 Å². The summed E-state index contributed by atoms with van der Waals surface area (Å²) in [5.74, 6) is 1.28. The summed E-state index contributed by atoms with van der Waals surface area (Å²) in [6, 6.07) is 7.81. The van der Waals surface area contributed by atoms with Crippen LogP contribution in [0.2, 0.25) is 0 Å². The number of aryl methyl sites for hydroxylation is 1. The van der Waals surface area contributed by atoms with Crippen LogP contribution in [0.15, 0.2) is 28.8 Å². The first-order valence-corrected chi connectivity index (χ1v) is 8.13. The molecule has 1 aromatic carbocycles. The van der Waals surface area contributed by atoms with Gasteiger partial charge in [0, 0.05) is 13.0 Å². The number of benzene rings is 1. The van der Waals surface area contributed by atoms with Gasteiger partial charge in [-0.2, -0.15) is 4.98 Å². The fourth-order valence-electron chi connectivity index (χ4n) is 2.73. The van der Waals surface area contributed by atoms with E-state index in [0.29, 0.717) is 24.8 Å². The summed E-state index contributed by atoms with van der Waals surface area (Å²) < 4.78 is 5.31. The third-order valence-corrected chi connectivity index (χ3v) is 4.03. The molecule has 1 atom stereocenters. The minimum Gasteiger partial charge on any atom is -0.361 e. The van der Waals surface area contributed by atoms with E-state index in [2.05, 4.69) is 27.3 Å². The number of aromatic nitrogens is 2. The molecule has 0 bridgehead atoms. The molecule has 1 unspecified atom stereocenters. The number of hydrogen-bond donors (Lipinski definition) is 1. The monoisotopic (exact) mass is 314 g/mol. The van der Waals surface area contributed by atoms with Crippen molar-refractivity contribution in [2.45, 2.75) is 39.7 Å². The summed E-state index contributed by atoms with van der Waals surface area (Å²) in [6.45, 7) is 5.22. The minimum absolute atomic E-state index is 0.0386. The van der Waals surface area contributed by atoms with E-state index in [1.807, 2.05) is 31.2 Å². The third kappa shape index (κ3) is 3.52. The Morgan fingerprint density at radius 1 is 1.39 bits per heavy atom. The van der Waals surface area contributed by atoms with Gasteiger partial charge in [-0.05, 0) is 18.6 Å². The highest BCUT2D eigenvalue weighted by atomic mass is 16.5. The van der Waals surface area contributed by atoms with Crippen molar-refractivity contribution in [1.82, 2.24) is 10.1 Å². The molecule has 23 heavy (non-hydrogen) atoms. The molecule has 0 saturated heterocycles. The van der Waals surface area contributed by atoms with Crippen LogP contribution in [0, 0.1) is 5.92 Å². The Balaban J connectivity index is 1.80. The maximum absolute atomic E-state index is 12.1. The second kappa shape index (κ2) is 6.81. The van der Waals surface area contributed by atoms with Gasteiger partial charge in [0.25, 0.3) is 0 Å². The fourth-order valence-corrected chi connectivity index (χ4v) is 2.73. The zero-order valence-corrected chi connectivity index (χ0v) is 13.6. The molecular weight excluding hydrogens is 292 g/mol. The van der Waals surface area contributed by atoms with Gasteiger partial charge in [0.15, 0.2) is 5.82 Å². The third-order valence-electron chi connectivity index (χ3n) is 4.03. The fraction of sp³-hybridized carbons (Fsp3) is 0.471. The average Bonchev–Trinajstić information content (AvgIpc) is 2.95. The zero-order chi connectivity index (χ0) is 16.2. The number of carbonyl (C=O) groups is 1. The zero-order valence-electron chi connectivity index (χ0n) is 13.6. The normalized spacial score (nSPS) is 17.6. The number of nitrogens with one attached hydrogen (secondary N) is 1. The summed E-state index contributed by atoms with van der Waals surface area (Å²) in [6.07, 6.45) is 2.96. The first kappa shape index (κ1) is 15.5. The molecule has 6 heteroatoms. The number of fused-ring (bicyclic) bond motifs is 1. The Morgan fingerprint density at radius 3 is 3.04 bits per heavy atom. The minimum atomic E-state index is -0.103. The van der Waals surface area contributed by atoms with Gasteiger partial charge < -0.3 is 14.7 Å². The van der Waals surface area contributed by atoms with Crippen molar-refractivity contribution in [3.63, 3.8) is 0 Å². The van der Waals surface area contributed by atoms with Crippen molar-refractivity contribution < 1.29 is 9.32 Å². The number of unbranched alkanes of at least 4 members (excludes halogenated alkanes) is 1. The van der Waals surface area contributed by atoms with Crippen LogP contribution in [0.1, 0.15) is 38.4 Å². The van der Waals surface area contributed by atoms with Crippen molar-refractivity contribution >= 4 is 17.3 Å². The molecule has 0 radical (unpaired) electrons. The first-order chi connectivity index (χ1) is 11.2. The first-order valence-electron chi connectivity index (χ1n) is 8.13. The SMILES string of the molecule is CCCCc1nc(CN2CC(C)C(=O)Nc3ccccc32)no1. The molecule has 0 aliphatic carbocycles. The number of para-hydroxylation sites is 2. The van der Waals surface area contributed by atoms with E-state index in [9.17, 15) is 4.79 Å². The quantitative estimate of drug-likeness (QED) is 0.918. The van der Waals surface area contributed by atoms with Gasteiger partial charge >= 0.3 is 0 Å². The Morgan fingerprint density at radius 2 is 2.22 bits per heavy atom. The predicted octanol–water partition coefficient (Wildman–Crippen LogP) is 3.01. The molecule has 1 amide bonds. The molecule has 0 saturated carbocycles. The van der Waals surface area contributed by atoms with Crippen LogP contribution in [0.4, 0.5) is 11.4 Å². The molecule has 122 valence electrons. The van der Waals surface area contributed by atoms with Crippen LogP contribution in [-0.4, -0.2) is 22.6 Å². The van der Waals surface area contributed by atoms with E-state index >= 15 is 0 Å². The van der Waals surface area contributed by atoms with E-state index in [1.165, 1.54) is 0 Å². The second-order valence-corrected chi connectivity index (χ2v) is 6.00. The number of carbonyl (C=O) groups excluding carboxylic acids is 1. The van der Waals surface area contributed by atoms with Crippen LogP contribution < -0.4 is 10.2 Å². The van der Waals surface area contributed by atoms with Crippen molar-refractivity contribution in [2.24, 2.45) is 5.92 Å². The van der Waals surface area contributed by atoms with Crippen LogP contribution >= 0.6 is 0 Å². The number of hydrogen-bond acceptors (Lipinski definition) is 5. The lowest BCUT2D eigenvalue weighted by atomic mass is 10.1. The summed E-state index contributed by atoms with van der Waals surface area (Å²) in [5, 5.41) is 7.05. The Kier molecular flexibility index (Phi) is 4.60. The highest BCUT2D eigenvalue weighted by molar-refractivity contribution is 5.97. The number of amides is 1. The summed E-state index contributed by atoms with van der Waals surface area (Å²) in [7, 11) is 0. The van der Waals surface area contributed by atoms with Gasteiger partial charge in [-0.3, -0.25) is 4.79 Å². The van der Waals surface area contributed by atoms with Gasteiger partial charge in [-0.1, -0.05) is 37.6 Å². The van der Waals surface area contributed by atoms with Crippen LogP contribution in [0.3, 0.4) is 0 Å². The van der Waals surface area contributed by atoms with Crippen molar-refractivity contribution in [3.8, 4) is 0 Å². The maximum atomic E-state index is 12.1. The standard InChI is InChI=1S/C17H22N4O2/c1-3-4-9-16-19-15(20-23-16)11-21-10-12(2)17(22)18-13-7-5-6-8-14(13)21/h5-8,12H,3-4,9-11H2,1-2H3,(H,18,22). The summed E-state index contributed by atoms with van der Waals surface area (Å²) in [5.41, 5.74) is 1.82. The smallest absolute Gasteiger partial charge is 0.229 e. The molecule has 2 aromatic rings. The van der Waals surface area contributed by atoms with Gasteiger partial charge in [-0.25, -0.2) is 0 Å². The van der Waals surface area contributed by atoms with Crippen LogP contribution in [-0.2, 0) is 17.8 Å². The summed E-state index contributed by atoms with van der Waals surface area (Å²) in [4.78, 5) is 18.7. The van der Waals surface area contributed by atoms with Gasteiger partial charge in [-0.15, -0.1) is 0 Å². The number of nitrogens with zero attached hydrogens (tertiary/aromatic N) is 3.